The second-order valence-electron chi connectivity index (χ2n) is 4.67. The SMILES string of the molecule is Nc1ccc(S(=O)Cc2cccc3cccnc23)c(F)c1. The second-order valence-corrected chi connectivity index (χ2v) is 6.09. The molecule has 0 aliphatic rings. The molecule has 3 nitrogen and oxygen atoms in total. The van der Waals surface area contributed by atoms with Crippen LogP contribution in [0.15, 0.2) is 59.6 Å². The number of halogens is 1. The average molecular weight is 300 g/mol. The Hall–Kier alpha value is -2.27. The summed E-state index contributed by atoms with van der Waals surface area (Å²) in [4.78, 5) is 4.48. The standard InChI is InChI=1S/C16H13FN2OS/c17-14-9-13(18)6-7-15(14)21(20)10-12-4-1-3-11-5-2-8-19-16(11)12/h1-9H,10,18H2. The molecule has 3 aromatic rings. The molecule has 1 atom stereocenters. The predicted octanol–water partition coefficient (Wildman–Crippen LogP) is 3.26. The number of aromatic nitrogens is 1. The lowest BCUT2D eigenvalue weighted by Crippen LogP contribution is -2.01. The molecule has 5 heteroatoms. The largest absolute Gasteiger partial charge is 0.399 e. The summed E-state index contributed by atoms with van der Waals surface area (Å²) in [6, 6.07) is 13.7. The Morgan fingerprint density at radius 2 is 1.95 bits per heavy atom. The Kier molecular flexibility index (Phi) is 3.66. The molecule has 21 heavy (non-hydrogen) atoms. The van der Waals surface area contributed by atoms with Crippen molar-refractivity contribution in [3.63, 3.8) is 0 Å². The molecular formula is C16H13FN2OS. The van der Waals surface area contributed by atoms with Crippen LogP contribution in [0, 0.1) is 5.82 Å². The highest BCUT2D eigenvalue weighted by atomic mass is 32.2. The number of nitrogens with two attached hydrogens (primary N) is 1. The van der Waals surface area contributed by atoms with Crippen molar-refractivity contribution < 1.29 is 8.60 Å². The Bertz CT molecular complexity index is 830. The molecule has 2 aromatic carbocycles. The van der Waals surface area contributed by atoms with E-state index < -0.39 is 16.6 Å². The summed E-state index contributed by atoms with van der Waals surface area (Å²) in [6.45, 7) is 0. The third-order valence-corrected chi connectivity index (χ3v) is 4.60. The van der Waals surface area contributed by atoms with Crippen molar-refractivity contribution in [1.82, 2.24) is 4.98 Å². The van der Waals surface area contributed by atoms with Crippen molar-refractivity contribution in [2.24, 2.45) is 0 Å². The van der Waals surface area contributed by atoms with Gasteiger partial charge < -0.3 is 5.73 Å². The molecule has 1 unspecified atom stereocenters. The van der Waals surface area contributed by atoms with Gasteiger partial charge in [-0.25, -0.2) is 4.39 Å². The lowest BCUT2D eigenvalue weighted by atomic mass is 10.1. The molecule has 0 saturated carbocycles. The topological polar surface area (TPSA) is 56.0 Å². The van der Waals surface area contributed by atoms with Crippen LogP contribution in [-0.2, 0) is 16.6 Å². The first-order valence-corrected chi connectivity index (χ1v) is 7.73. The third-order valence-electron chi connectivity index (χ3n) is 3.20. The smallest absolute Gasteiger partial charge is 0.141 e. The summed E-state index contributed by atoms with van der Waals surface area (Å²) in [5.41, 5.74) is 7.46. The predicted molar refractivity (Wildman–Crippen MR) is 82.7 cm³/mol. The molecule has 3 rings (SSSR count). The minimum absolute atomic E-state index is 0.164. The lowest BCUT2D eigenvalue weighted by Gasteiger charge is -2.07. The van der Waals surface area contributed by atoms with Crippen molar-refractivity contribution in [3.8, 4) is 0 Å². The van der Waals surface area contributed by atoms with Crippen LogP contribution in [0.3, 0.4) is 0 Å². The molecule has 1 aromatic heterocycles. The van der Waals surface area contributed by atoms with Gasteiger partial charge >= 0.3 is 0 Å². The molecule has 2 N–H and O–H groups in total. The Balaban J connectivity index is 1.97. The van der Waals surface area contributed by atoms with Gasteiger partial charge in [0, 0.05) is 17.3 Å². The number of hydrogen-bond acceptors (Lipinski definition) is 3. The number of rotatable bonds is 3. The van der Waals surface area contributed by atoms with Gasteiger partial charge in [0.2, 0.25) is 0 Å². The van der Waals surface area contributed by atoms with Crippen molar-refractivity contribution in [1.29, 1.82) is 0 Å². The number of pyridine rings is 1. The first-order valence-electron chi connectivity index (χ1n) is 6.41. The summed E-state index contributed by atoms with van der Waals surface area (Å²) in [5, 5.41) is 0.977. The van der Waals surface area contributed by atoms with Crippen LogP contribution in [0.4, 0.5) is 10.1 Å². The molecule has 0 fully saturated rings. The van der Waals surface area contributed by atoms with E-state index >= 15 is 0 Å². The van der Waals surface area contributed by atoms with E-state index in [4.69, 9.17) is 5.73 Å². The van der Waals surface area contributed by atoms with Crippen molar-refractivity contribution >= 4 is 27.4 Å². The van der Waals surface area contributed by atoms with E-state index in [-0.39, 0.29) is 10.6 Å². The van der Waals surface area contributed by atoms with Crippen LogP contribution in [0.2, 0.25) is 0 Å². The van der Waals surface area contributed by atoms with E-state index in [9.17, 15) is 8.60 Å². The average Bonchev–Trinajstić information content (AvgIpc) is 2.47. The Labute approximate surface area is 124 Å². The van der Waals surface area contributed by atoms with E-state index in [1.54, 1.807) is 12.3 Å². The molecule has 0 aliphatic heterocycles. The lowest BCUT2D eigenvalue weighted by molar-refractivity contribution is 0.596. The fourth-order valence-corrected chi connectivity index (χ4v) is 3.37. The van der Waals surface area contributed by atoms with Gasteiger partial charge in [0.15, 0.2) is 0 Å². The minimum Gasteiger partial charge on any atom is -0.399 e. The van der Waals surface area contributed by atoms with Gasteiger partial charge in [-0.3, -0.25) is 9.19 Å². The number of nitrogen functional groups attached to an aromatic ring is 1. The number of fused-ring (bicyclic) bond motifs is 1. The number of para-hydroxylation sites is 1. The van der Waals surface area contributed by atoms with E-state index in [0.717, 1.165) is 16.5 Å². The van der Waals surface area contributed by atoms with E-state index in [2.05, 4.69) is 4.98 Å². The quantitative estimate of drug-likeness (QED) is 0.755. The summed E-state index contributed by atoms with van der Waals surface area (Å²) >= 11 is 0. The Morgan fingerprint density at radius 1 is 1.14 bits per heavy atom. The van der Waals surface area contributed by atoms with Crippen LogP contribution in [0.1, 0.15) is 5.56 Å². The number of nitrogens with zero attached hydrogens (tertiary/aromatic N) is 1. The van der Waals surface area contributed by atoms with Gasteiger partial charge in [-0.05, 0) is 29.8 Å². The normalized spacial score (nSPS) is 12.4. The highest BCUT2D eigenvalue weighted by Gasteiger charge is 2.13. The zero-order valence-electron chi connectivity index (χ0n) is 11.1. The van der Waals surface area contributed by atoms with Crippen molar-refractivity contribution in [2.75, 3.05) is 5.73 Å². The maximum atomic E-state index is 13.8. The molecular weight excluding hydrogens is 287 g/mol. The summed E-state index contributed by atoms with van der Waals surface area (Å²) < 4.78 is 26.2. The number of hydrogen-bond donors (Lipinski definition) is 1. The van der Waals surface area contributed by atoms with Crippen LogP contribution in [0.25, 0.3) is 10.9 Å². The fourth-order valence-electron chi connectivity index (χ4n) is 2.20. The second kappa shape index (κ2) is 5.61. The van der Waals surface area contributed by atoms with Gasteiger partial charge in [-0.2, -0.15) is 0 Å². The number of benzene rings is 2. The summed E-state index contributed by atoms with van der Waals surface area (Å²) in [6.07, 6.45) is 1.69. The Morgan fingerprint density at radius 3 is 2.76 bits per heavy atom. The van der Waals surface area contributed by atoms with Gasteiger partial charge in [0.05, 0.1) is 27.0 Å². The van der Waals surface area contributed by atoms with Gasteiger partial charge in [0.25, 0.3) is 0 Å². The molecule has 1 heterocycles. The number of anilines is 1. The molecule has 0 radical (unpaired) electrons. The molecule has 0 bridgehead atoms. The highest BCUT2D eigenvalue weighted by molar-refractivity contribution is 7.84. The maximum Gasteiger partial charge on any atom is 0.141 e. The molecule has 0 saturated heterocycles. The first kappa shape index (κ1) is 13.7. The molecule has 0 spiro atoms. The van der Waals surface area contributed by atoms with Crippen LogP contribution < -0.4 is 5.73 Å². The highest BCUT2D eigenvalue weighted by Crippen LogP contribution is 2.22. The van der Waals surface area contributed by atoms with Gasteiger partial charge in [-0.1, -0.05) is 24.3 Å². The van der Waals surface area contributed by atoms with Crippen LogP contribution in [-0.4, -0.2) is 9.19 Å². The van der Waals surface area contributed by atoms with E-state index in [0.29, 0.717) is 5.69 Å². The molecule has 0 aliphatic carbocycles. The zero-order valence-corrected chi connectivity index (χ0v) is 11.9. The van der Waals surface area contributed by atoms with E-state index in [1.807, 2.05) is 30.3 Å². The van der Waals surface area contributed by atoms with Crippen LogP contribution in [0.5, 0.6) is 0 Å². The molecule has 106 valence electrons. The maximum absolute atomic E-state index is 13.8. The van der Waals surface area contributed by atoms with Gasteiger partial charge in [-0.15, -0.1) is 0 Å². The van der Waals surface area contributed by atoms with Crippen molar-refractivity contribution in [2.45, 2.75) is 10.6 Å². The monoisotopic (exact) mass is 300 g/mol. The third kappa shape index (κ3) is 2.78. The molecule has 0 amide bonds. The minimum atomic E-state index is -1.48. The summed E-state index contributed by atoms with van der Waals surface area (Å²) in [5.74, 6) is -0.323. The van der Waals surface area contributed by atoms with Crippen molar-refractivity contribution in [3.05, 3.63) is 66.1 Å². The van der Waals surface area contributed by atoms with Gasteiger partial charge in [0.1, 0.15) is 5.82 Å². The van der Waals surface area contributed by atoms with Crippen LogP contribution >= 0.6 is 0 Å². The summed E-state index contributed by atoms with van der Waals surface area (Å²) in [7, 11) is -1.48. The first-order chi connectivity index (χ1) is 10.1. The fraction of sp³-hybridized carbons (Fsp3) is 0.0625. The zero-order chi connectivity index (χ0) is 14.8. The van der Waals surface area contributed by atoms with E-state index in [1.165, 1.54) is 12.1 Å².